The second-order valence-corrected chi connectivity index (χ2v) is 4.89. The summed E-state index contributed by atoms with van der Waals surface area (Å²) in [6.07, 6.45) is 1.97. The third kappa shape index (κ3) is 3.96. The molecule has 0 saturated heterocycles. The first kappa shape index (κ1) is 14.3. The number of urea groups is 1. The van der Waals surface area contributed by atoms with Gasteiger partial charge in [0.15, 0.2) is 0 Å². The second-order valence-electron chi connectivity index (χ2n) is 4.89. The normalized spacial score (nSPS) is 15.3. The standard InChI is InChI=1S/C14H19N3O3/c1-9(15-14(19)17-20-2)10-5-7-12(8-6-10)16-13(18)11-3-4-11/h5-9,11H,3-4H2,1-2H3,(H,16,18)(H2,15,17,19). The predicted molar refractivity (Wildman–Crippen MR) is 74.9 cm³/mol. The Hall–Kier alpha value is -2.08. The van der Waals surface area contributed by atoms with Crippen molar-refractivity contribution in [1.82, 2.24) is 10.8 Å². The van der Waals surface area contributed by atoms with Crippen LogP contribution in [0.15, 0.2) is 24.3 Å². The molecule has 0 heterocycles. The highest BCUT2D eigenvalue weighted by Gasteiger charge is 2.29. The van der Waals surface area contributed by atoms with Crippen LogP contribution in [0.5, 0.6) is 0 Å². The number of benzene rings is 1. The average molecular weight is 277 g/mol. The van der Waals surface area contributed by atoms with E-state index in [9.17, 15) is 9.59 Å². The summed E-state index contributed by atoms with van der Waals surface area (Å²) < 4.78 is 0. The van der Waals surface area contributed by atoms with E-state index < -0.39 is 6.03 Å². The van der Waals surface area contributed by atoms with Crippen molar-refractivity contribution < 1.29 is 14.4 Å². The zero-order chi connectivity index (χ0) is 14.5. The van der Waals surface area contributed by atoms with Crippen molar-refractivity contribution in [3.63, 3.8) is 0 Å². The maximum absolute atomic E-state index is 11.6. The molecule has 1 unspecified atom stereocenters. The summed E-state index contributed by atoms with van der Waals surface area (Å²) in [6.45, 7) is 1.87. The van der Waals surface area contributed by atoms with E-state index >= 15 is 0 Å². The van der Waals surface area contributed by atoms with Gasteiger partial charge in [0.25, 0.3) is 0 Å². The van der Waals surface area contributed by atoms with E-state index in [1.807, 2.05) is 31.2 Å². The van der Waals surface area contributed by atoms with Crippen LogP contribution >= 0.6 is 0 Å². The molecule has 1 aliphatic rings. The Morgan fingerprint density at radius 1 is 1.25 bits per heavy atom. The van der Waals surface area contributed by atoms with Crippen LogP contribution in [0.25, 0.3) is 0 Å². The SMILES string of the molecule is CONC(=O)NC(C)c1ccc(NC(=O)C2CC2)cc1. The largest absolute Gasteiger partial charge is 0.339 e. The number of carbonyl (C=O) groups is 2. The minimum Gasteiger partial charge on any atom is -0.330 e. The van der Waals surface area contributed by atoms with Gasteiger partial charge in [0.05, 0.1) is 13.2 Å². The Balaban J connectivity index is 1.89. The fraction of sp³-hybridized carbons (Fsp3) is 0.429. The number of anilines is 1. The lowest BCUT2D eigenvalue weighted by atomic mass is 10.1. The van der Waals surface area contributed by atoms with Crippen molar-refractivity contribution in [2.75, 3.05) is 12.4 Å². The van der Waals surface area contributed by atoms with Gasteiger partial charge in [-0.25, -0.2) is 10.3 Å². The lowest BCUT2D eigenvalue weighted by molar-refractivity contribution is -0.117. The summed E-state index contributed by atoms with van der Waals surface area (Å²) in [5.74, 6) is 0.274. The van der Waals surface area contributed by atoms with Crippen molar-refractivity contribution in [1.29, 1.82) is 0 Å². The number of rotatable bonds is 5. The monoisotopic (exact) mass is 277 g/mol. The minimum absolute atomic E-state index is 0.0865. The van der Waals surface area contributed by atoms with Gasteiger partial charge in [0.1, 0.15) is 0 Å². The quantitative estimate of drug-likeness (QED) is 0.720. The molecular weight excluding hydrogens is 258 g/mol. The van der Waals surface area contributed by atoms with Crippen LogP contribution in [0.4, 0.5) is 10.5 Å². The van der Waals surface area contributed by atoms with Crippen LogP contribution in [-0.4, -0.2) is 19.0 Å². The fourth-order valence-electron chi connectivity index (χ4n) is 1.85. The molecule has 1 fully saturated rings. The van der Waals surface area contributed by atoms with Gasteiger partial charge in [-0.3, -0.25) is 9.63 Å². The maximum Gasteiger partial charge on any atom is 0.339 e. The van der Waals surface area contributed by atoms with Crippen LogP contribution in [-0.2, 0) is 9.63 Å². The third-order valence-electron chi connectivity index (χ3n) is 3.17. The molecule has 0 aromatic heterocycles. The van der Waals surface area contributed by atoms with Gasteiger partial charge >= 0.3 is 6.03 Å². The molecule has 1 aromatic rings. The van der Waals surface area contributed by atoms with E-state index in [-0.39, 0.29) is 17.9 Å². The Kier molecular flexibility index (Phi) is 4.57. The van der Waals surface area contributed by atoms with Crippen molar-refractivity contribution in [2.24, 2.45) is 5.92 Å². The topological polar surface area (TPSA) is 79.5 Å². The predicted octanol–water partition coefficient (Wildman–Crippen LogP) is 1.96. The van der Waals surface area contributed by atoms with Gasteiger partial charge in [-0.1, -0.05) is 12.1 Å². The van der Waals surface area contributed by atoms with Crippen LogP contribution < -0.4 is 16.1 Å². The molecule has 1 saturated carbocycles. The lowest BCUT2D eigenvalue weighted by Gasteiger charge is -2.15. The molecule has 0 spiro atoms. The van der Waals surface area contributed by atoms with Gasteiger partial charge in [-0.05, 0) is 37.5 Å². The Morgan fingerprint density at radius 2 is 1.90 bits per heavy atom. The smallest absolute Gasteiger partial charge is 0.330 e. The Labute approximate surface area is 117 Å². The number of hydrogen-bond acceptors (Lipinski definition) is 3. The molecule has 1 aliphatic carbocycles. The highest BCUT2D eigenvalue weighted by Crippen LogP contribution is 2.30. The molecule has 3 amide bonds. The van der Waals surface area contributed by atoms with Crippen molar-refractivity contribution >= 4 is 17.6 Å². The van der Waals surface area contributed by atoms with E-state index in [0.717, 1.165) is 24.1 Å². The first-order valence-corrected chi connectivity index (χ1v) is 6.60. The highest BCUT2D eigenvalue weighted by atomic mass is 16.6. The first-order valence-electron chi connectivity index (χ1n) is 6.60. The Morgan fingerprint density at radius 3 is 2.45 bits per heavy atom. The average Bonchev–Trinajstić information content (AvgIpc) is 3.24. The second kappa shape index (κ2) is 6.38. The van der Waals surface area contributed by atoms with Crippen LogP contribution in [0.1, 0.15) is 31.4 Å². The number of hydroxylamine groups is 1. The van der Waals surface area contributed by atoms with Crippen LogP contribution in [0.2, 0.25) is 0 Å². The van der Waals surface area contributed by atoms with Gasteiger partial charge in [0, 0.05) is 11.6 Å². The fourth-order valence-corrected chi connectivity index (χ4v) is 1.85. The molecule has 3 N–H and O–H groups in total. The van der Waals surface area contributed by atoms with Crippen molar-refractivity contribution in [3.05, 3.63) is 29.8 Å². The van der Waals surface area contributed by atoms with E-state index in [0.29, 0.717) is 0 Å². The lowest BCUT2D eigenvalue weighted by Crippen LogP contribution is -2.36. The molecule has 0 radical (unpaired) electrons. The number of carbonyl (C=O) groups excluding carboxylic acids is 2. The van der Waals surface area contributed by atoms with Crippen molar-refractivity contribution in [3.8, 4) is 0 Å². The van der Waals surface area contributed by atoms with E-state index in [1.54, 1.807) is 0 Å². The van der Waals surface area contributed by atoms with E-state index in [4.69, 9.17) is 0 Å². The molecule has 6 nitrogen and oxygen atoms in total. The minimum atomic E-state index is -0.397. The van der Waals surface area contributed by atoms with E-state index in [2.05, 4.69) is 21.0 Å². The van der Waals surface area contributed by atoms with Gasteiger partial charge in [-0.15, -0.1) is 0 Å². The molecule has 2 rings (SSSR count). The summed E-state index contributed by atoms with van der Waals surface area (Å²) in [6, 6.07) is 6.87. The summed E-state index contributed by atoms with van der Waals surface area (Å²) >= 11 is 0. The highest BCUT2D eigenvalue weighted by molar-refractivity contribution is 5.94. The summed E-state index contributed by atoms with van der Waals surface area (Å²) in [4.78, 5) is 27.5. The van der Waals surface area contributed by atoms with Gasteiger partial charge in [-0.2, -0.15) is 0 Å². The molecule has 6 heteroatoms. The zero-order valence-corrected chi connectivity index (χ0v) is 11.6. The van der Waals surface area contributed by atoms with Gasteiger partial charge in [0.2, 0.25) is 5.91 Å². The van der Waals surface area contributed by atoms with E-state index in [1.165, 1.54) is 7.11 Å². The zero-order valence-electron chi connectivity index (χ0n) is 11.6. The maximum atomic E-state index is 11.6. The third-order valence-corrected chi connectivity index (χ3v) is 3.17. The van der Waals surface area contributed by atoms with Crippen LogP contribution in [0.3, 0.4) is 0 Å². The molecule has 1 atom stereocenters. The van der Waals surface area contributed by atoms with Crippen molar-refractivity contribution in [2.45, 2.75) is 25.8 Å². The molecule has 20 heavy (non-hydrogen) atoms. The number of hydrogen-bond donors (Lipinski definition) is 3. The number of amides is 3. The first-order chi connectivity index (χ1) is 9.60. The Bertz CT molecular complexity index is 483. The molecule has 1 aromatic carbocycles. The number of nitrogens with one attached hydrogen (secondary N) is 3. The molecule has 0 bridgehead atoms. The van der Waals surface area contributed by atoms with Gasteiger partial charge < -0.3 is 10.6 Å². The summed E-state index contributed by atoms with van der Waals surface area (Å²) in [5.41, 5.74) is 3.92. The molecule has 108 valence electrons. The molecule has 0 aliphatic heterocycles. The summed E-state index contributed by atoms with van der Waals surface area (Å²) in [5, 5.41) is 5.60. The summed E-state index contributed by atoms with van der Waals surface area (Å²) in [7, 11) is 1.38. The molecular formula is C14H19N3O3. The van der Waals surface area contributed by atoms with Crippen LogP contribution in [0, 0.1) is 5.92 Å².